The van der Waals surface area contributed by atoms with Gasteiger partial charge in [-0.05, 0) is 42.8 Å². The molecule has 2 aromatic carbocycles. The number of hydrogen-bond donors (Lipinski definition) is 1. The molecule has 15 nitrogen and oxygen atoms in total. The van der Waals surface area contributed by atoms with Crippen molar-refractivity contribution in [1.29, 1.82) is 5.26 Å². The number of nitrogens with zero attached hydrogens (tertiary/aromatic N) is 5. The third kappa shape index (κ3) is 7.24. The zero-order valence-electron chi connectivity index (χ0n) is 21.4. The van der Waals surface area contributed by atoms with Gasteiger partial charge in [0, 0.05) is 24.4 Å². The summed E-state index contributed by atoms with van der Waals surface area (Å²) >= 11 is 0. The average Bonchev–Trinajstić information content (AvgIpc) is 2.92. The summed E-state index contributed by atoms with van der Waals surface area (Å²) in [5.74, 6) is -0.565. The molecule has 0 bridgehead atoms. The molecule has 1 N–H and O–H groups in total. The van der Waals surface area contributed by atoms with Gasteiger partial charge in [-0.15, -0.1) is 0 Å². The van der Waals surface area contributed by atoms with Crippen molar-refractivity contribution in [2.45, 2.75) is 13.5 Å². The summed E-state index contributed by atoms with van der Waals surface area (Å²) in [5, 5.41) is 35.6. The first kappa shape index (κ1) is 28.9. The summed E-state index contributed by atoms with van der Waals surface area (Å²) in [6.45, 7) is 1.44. The molecule has 40 heavy (non-hydrogen) atoms. The molecule has 0 spiro atoms. The number of hydrogen-bond acceptors (Lipinski definition) is 12. The highest BCUT2D eigenvalue weighted by Gasteiger charge is 2.22. The number of carbonyl (C=O) groups excluding carboxylic acids is 1. The van der Waals surface area contributed by atoms with Crippen LogP contribution in [0.5, 0.6) is 23.1 Å². The van der Waals surface area contributed by atoms with Crippen LogP contribution in [0.4, 0.5) is 11.4 Å². The normalized spacial score (nSPS) is 10.6. The number of nitrogens with one attached hydrogen (secondary N) is 1. The number of nitro groups is 2. The number of aromatic nitrogens is 1. The maximum atomic E-state index is 12.2. The largest absolute Gasteiger partial charge is 0.493 e. The van der Waals surface area contributed by atoms with E-state index in [0.29, 0.717) is 16.8 Å². The van der Waals surface area contributed by atoms with E-state index in [9.17, 15) is 30.3 Å². The Labute approximate surface area is 226 Å². The number of ether oxygens (including phenoxy) is 4. The Morgan fingerprint density at radius 2 is 1.85 bits per heavy atom. The van der Waals surface area contributed by atoms with E-state index in [4.69, 9.17) is 18.9 Å². The van der Waals surface area contributed by atoms with Crippen molar-refractivity contribution < 1.29 is 33.6 Å². The van der Waals surface area contributed by atoms with Crippen LogP contribution in [0.3, 0.4) is 0 Å². The number of benzene rings is 2. The van der Waals surface area contributed by atoms with E-state index in [1.165, 1.54) is 38.6 Å². The van der Waals surface area contributed by atoms with Gasteiger partial charge in [0.05, 0.1) is 35.8 Å². The van der Waals surface area contributed by atoms with Crippen molar-refractivity contribution in [1.82, 2.24) is 10.4 Å². The van der Waals surface area contributed by atoms with Crippen LogP contribution in [0.1, 0.15) is 22.4 Å². The third-order valence-electron chi connectivity index (χ3n) is 5.11. The van der Waals surface area contributed by atoms with E-state index < -0.39 is 33.7 Å². The Kier molecular flexibility index (Phi) is 9.59. The number of pyridine rings is 1. The molecule has 0 aliphatic heterocycles. The maximum Gasteiger partial charge on any atom is 0.318 e. The number of nitro benzene ring substituents is 2. The first-order valence-corrected chi connectivity index (χ1v) is 11.3. The maximum absolute atomic E-state index is 12.2. The minimum Gasteiger partial charge on any atom is -0.493 e. The van der Waals surface area contributed by atoms with Crippen LogP contribution in [0, 0.1) is 38.5 Å². The Hall–Kier alpha value is -5.62. The molecule has 0 fully saturated rings. The minimum absolute atomic E-state index is 0.00209. The van der Waals surface area contributed by atoms with Crippen molar-refractivity contribution in [3.8, 4) is 29.2 Å². The average molecular weight is 550 g/mol. The molecule has 1 heterocycles. The summed E-state index contributed by atoms with van der Waals surface area (Å²) in [6.07, 6.45) is 1.31. The van der Waals surface area contributed by atoms with Crippen LogP contribution in [-0.2, 0) is 16.1 Å². The fourth-order valence-corrected chi connectivity index (χ4v) is 3.36. The Morgan fingerprint density at radius 1 is 1.10 bits per heavy atom. The number of methoxy groups -OCH3 is 2. The number of aryl methyl sites for hydroxylation is 1. The lowest BCUT2D eigenvalue weighted by Crippen LogP contribution is -2.25. The van der Waals surface area contributed by atoms with Crippen LogP contribution in [0.25, 0.3) is 0 Å². The monoisotopic (exact) mass is 550 g/mol. The second-order valence-corrected chi connectivity index (χ2v) is 7.91. The lowest BCUT2D eigenvalue weighted by Gasteiger charge is -2.11. The van der Waals surface area contributed by atoms with Crippen molar-refractivity contribution in [3.05, 3.63) is 85.1 Å². The van der Waals surface area contributed by atoms with E-state index >= 15 is 0 Å². The van der Waals surface area contributed by atoms with Crippen LogP contribution < -0.4 is 19.6 Å². The highest BCUT2D eigenvalue weighted by Crippen LogP contribution is 2.38. The molecule has 3 rings (SSSR count). The van der Waals surface area contributed by atoms with E-state index in [1.54, 1.807) is 13.0 Å². The number of amides is 1. The predicted octanol–water partition coefficient (Wildman–Crippen LogP) is 3.55. The quantitative estimate of drug-likeness (QED) is 0.196. The second kappa shape index (κ2) is 13.3. The van der Waals surface area contributed by atoms with Gasteiger partial charge < -0.3 is 18.9 Å². The molecule has 1 aromatic heterocycles. The Bertz CT molecular complexity index is 1520. The Morgan fingerprint density at radius 3 is 2.50 bits per heavy atom. The second-order valence-electron chi connectivity index (χ2n) is 7.91. The zero-order chi connectivity index (χ0) is 29.2. The number of non-ortho nitro benzene ring substituents is 1. The number of carbonyl (C=O) groups is 1. The standard InChI is InChI=1S/C25H22N6O9/c1-15-8-17(13-37-2)19(11-26)25(28-15)39-14-24(32)29-27-12-16-4-6-22(23(9-16)38-3)40-21-7-5-18(30(33)34)10-20(21)31(35)36/h4-10,12H,13-14H2,1-3H3,(H,29,32)/b27-12-. The van der Waals surface area contributed by atoms with Gasteiger partial charge >= 0.3 is 5.69 Å². The van der Waals surface area contributed by atoms with E-state index in [-0.39, 0.29) is 35.3 Å². The fourth-order valence-electron chi connectivity index (χ4n) is 3.36. The molecule has 15 heteroatoms. The summed E-state index contributed by atoms with van der Waals surface area (Å²) in [5.41, 5.74) is 3.04. The molecule has 0 saturated heterocycles. The van der Waals surface area contributed by atoms with Crippen LogP contribution in [-0.4, -0.2) is 47.8 Å². The Balaban J connectivity index is 1.67. The molecule has 0 radical (unpaired) electrons. The minimum atomic E-state index is -0.795. The van der Waals surface area contributed by atoms with E-state index in [2.05, 4.69) is 15.5 Å². The van der Waals surface area contributed by atoms with Gasteiger partial charge in [0.25, 0.3) is 11.6 Å². The fraction of sp³-hybridized carbons (Fsp3) is 0.200. The SMILES string of the molecule is COCc1cc(C)nc(OCC(=O)N/N=C\c2ccc(Oc3ccc([N+](=O)[O-])cc3[N+](=O)[O-])c(OC)c2)c1C#N. The molecule has 0 aliphatic rings. The number of rotatable bonds is 12. The van der Waals surface area contributed by atoms with Gasteiger partial charge in [-0.25, -0.2) is 10.4 Å². The summed E-state index contributed by atoms with van der Waals surface area (Å²) < 4.78 is 21.4. The molecular formula is C25H22N6O9. The van der Waals surface area contributed by atoms with Crippen LogP contribution >= 0.6 is 0 Å². The van der Waals surface area contributed by atoms with Gasteiger partial charge in [-0.2, -0.15) is 10.4 Å². The van der Waals surface area contributed by atoms with Crippen LogP contribution in [0.2, 0.25) is 0 Å². The highest BCUT2D eigenvalue weighted by atomic mass is 16.6. The molecule has 0 atom stereocenters. The van der Waals surface area contributed by atoms with Crippen LogP contribution in [0.15, 0.2) is 47.6 Å². The molecule has 0 unspecified atom stereocenters. The van der Waals surface area contributed by atoms with Crippen molar-refractivity contribution in [2.24, 2.45) is 5.10 Å². The zero-order valence-corrected chi connectivity index (χ0v) is 21.4. The number of nitriles is 1. The molecule has 0 aliphatic carbocycles. The van der Waals surface area contributed by atoms with Crippen molar-refractivity contribution in [2.75, 3.05) is 20.8 Å². The first-order chi connectivity index (χ1) is 19.2. The molecule has 0 saturated carbocycles. The summed E-state index contributed by atoms with van der Waals surface area (Å²) in [6, 6.07) is 11.2. The van der Waals surface area contributed by atoms with Gasteiger partial charge in [-0.1, -0.05) is 0 Å². The highest BCUT2D eigenvalue weighted by molar-refractivity contribution is 5.83. The van der Waals surface area contributed by atoms with Gasteiger partial charge in [0.1, 0.15) is 11.6 Å². The first-order valence-electron chi connectivity index (χ1n) is 11.3. The summed E-state index contributed by atoms with van der Waals surface area (Å²) in [7, 11) is 2.84. The lowest BCUT2D eigenvalue weighted by molar-refractivity contribution is -0.394. The van der Waals surface area contributed by atoms with Gasteiger partial charge in [0.2, 0.25) is 11.6 Å². The molecule has 3 aromatic rings. The van der Waals surface area contributed by atoms with E-state index in [0.717, 1.165) is 18.2 Å². The smallest absolute Gasteiger partial charge is 0.318 e. The molecule has 206 valence electrons. The third-order valence-corrected chi connectivity index (χ3v) is 5.11. The summed E-state index contributed by atoms with van der Waals surface area (Å²) in [4.78, 5) is 37.1. The van der Waals surface area contributed by atoms with Gasteiger partial charge in [-0.3, -0.25) is 25.0 Å². The lowest BCUT2D eigenvalue weighted by atomic mass is 10.1. The van der Waals surface area contributed by atoms with Gasteiger partial charge in [0.15, 0.2) is 18.1 Å². The van der Waals surface area contributed by atoms with Crippen molar-refractivity contribution >= 4 is 23.5 Å². The molecule has 1 amide bonds. The topological polar surface area (TPSA) is 201 Å². The van der Waals surface area contributed by atoms with E-state index in [1.807, 2.05) is 6.07 Å². The molecular weight excluding hydrogens is 528 g/mol. The van der Waals surface area contributed by atoms with Crippen molar-refractivity contribution in [3.63, 3.8) is 0 Å². The predicted molar refractivity (Wildman–Crippen MR) is 138 cm³/mol. The number of hydrazone groups is 1.